The minimum absolute atomic E-state index is 0.232. The lowest BCUT2D eigenvalue weighted by molar-refractivity contribution is -0.122. The van der Waals surface area contributed by atoms with Crippen molar-refractivity contribution in [2.75, 3.05) is 5.32 Å². The Morgan fingerprint density at radius 1 is 1.04 bits per heavy atom. The van der Waals surface area contributed by atoms with Gasteiger partial charge >= 0.3 is 5.63 Å². The Morgan fingerprint density at radius 2 is 1.73 bits per heavy atom. The molecule has 134 valence electrons. The minimum Gasteiger partial charge on any atom is -0.481 e. The van der Waals surface area contributed by atoms with Crippen molar-refractivity contribution >= 4 is 22.6 Å². The molecule has 5 nitrogen and oxygen atoms in total. The zero-order valence-corrected chi connectivity index (χ0v) is 15.3. The van der Waals surface area contributed by atoms with Gasteiger partial charge in [0.1, 0.15) is 11.3 Å². The van der Waals surface area contributed by atoms with Crippen LogP contribution in [0.4, 0.5) is 5.69 Å². The van der Waals surface area contributed by atoms with Crippen molar-refractivity contribution in [1.29, 1.82) is 0 Å². The standard InChI is InChI=1S/C21H21NO4/c1-12-5-7-16(8-6-12)22-21(24)15(4)25-18-11-17-13(2)10-20(23)26-19(17)9-14(18)3/h5-11,15H,1-4H3,(H,22,24). The highest BCUT2D eigenvalue weighted by atomic mass is 16.5. The van der Waals surface area contributed by atoms with E-state index in [2.05, 4.69) is 5.32 Å². The maximum absolute atomic E-state index is 12.4. The smallest absolute Gasteiger partial charge is 0.336 e. The lowest BCUT2D eigenvalue weighted by atomic mass is 10.1. The molecule has 0 aliphatic carbocycles. The fourth-order valence-electron chi connectivity index (χ4n) is 2.70. The molecule has 0 saturated heterocycles. The molecule has 1 heterocycles. The van der Waals surface area contributed by atoms with Gasteiger partial charge in [-0.15, -0.1) is 0 Å². The number of fused-ring (bicyclic) bond motifs is 1. The highest BCUT2D eigenvalue weighted by molar-refractivity contribution is 5.94. The summed E-state index contributed by atoms with van der Waals surface area (Å²) in [7, 11) is 0. The third kappa shape index (κ3) is 3.77. The molecule has 26 heavy (non-hydrogen) atoms. The van der Waals surface area contributed by atoms with Gasteiger partial charge in [0, 0.05) is 17.1 Å². The summed E-state index contributed by atoms with van der Waals surface area (Å²) >= 11 is 0. The molecule has 0 spiro atoms. The number of amides is 1. The number of carbonyl (C=O) groups excluding carboxylic acids is 1. The van der Waals surface area contributed by atoms with Crippen LogP contribution >= 0.6 is 0 Å². The second kappa shape index (κ2) is 7.04. The fourth-order valence-corrected chi connectivity index (χ4v) is 2.70. The van der Waals surface area contributed by atoms with Crippen LogP contribution in [0.3, 0.4) is 0 Å². The van der Waals surface area contributed by atoms with Crippen LogP contribution in [0.1, 0.15) is 23.6 Å². The van der Waals surface area contributed by atoms with E-state index in [9.17, 15) is 9.59 Å². The number of benzene rings is 2. The van der Waals surface area contributed by atoms with E-state index in [1.165, 1.54) is 6.07 Å². The van der Waals surface area contributed by atoms with Crippen molar-refractivity contribution in [2.24, 2.45) is 0 Å². The van der Waals surface area contributed by atoms with Crippen molar-refractivity contribution in [2.45, 2.75) is 33.8 Å². The molecular weight excluding hydrogens is 330 g/mol. The molecule has 1 unspecified atom stereocenters. The topological polar surface area (TPSA) is 68.5 Å². The van der Waals surface area contributed by atoms with Crippen molar-refractivity contribution in [3.63, 3.8) is 0 Å². The van der Waals surface area contributed by atoms with E-state index in [0.29, 0.717) is 11.3 Å². The van der Waals surface area contributed by atoms with E-state index >= 15 is 0 Å². The number of nitrogens with one attached hydrogen (secondary N) is 1. The Labute approximate surface area is 151 Å². The molecule has 0 radical (unpaired) electrons. The highest BCUT2D eigenvalue weighted by Gasteiger charge is 2.17. The molecule has 3 rings (SSSR count). The summed E-state index contributed by atoms with van der Waals surface area (Å²) in [6.07, 6.45) is -0.677. The third-order valence-electron chi connectivity index (χ3n) is 4.24. The first-order chi connectivity index (χ1) is 12.3. The molecule has 0 aliphatic rings. The van der Waals surface area contributed by atoms with Crippen LogP contribution in [0.2, 0.25) is 0 Å². The Kier molecular flexibility index (Phi) is 4.80. The van der Waals surface area contributed by atoms with Gasteiger partial charge < -0.3 is 14.5 Å². The fraction of sp³-hybridized carbons (Fsp3) is 0.238. The van der Waals surface area contributed by atoms with Crippen LogP contribution in [0, 0.1) is 20.8 Å². The Bertz CT molecular complexity index is 1020. The van der Waals surface area contributed by atoms with Crippen molar-refractivity contribution in [1.82, 2.24) is 0 Å². The van der Waals surface area contributed by atoms with Crippen LogP contribution in [0.5, 0.6) is 5.75 Å². The average molecular weight is 351 g/mol. The van der Waals surface area contributed by atoms with E-state index < -0.39 is 6.10 Å². The summed E-state index contributed by atoms with van der Waals surface area (Å²) in [6.45, 7) is 7.38. The van der Waals surface area contributed by atoms with Crippen molar-refractivity contribution in [3.8, 4) is 5.75 Å². The molecule has 0 fully saturated rings. The van der Waals surface area contributed by atoms with Gasteiger partial charge in [-0.25, -0.2) is 4.79 Å². The zero-order valence-electron chi connectivity index (χ0n) is 15.3. The Morgan fingerprint density at radius 3 is 2.42 bits per heavy atom. The summed E-state index contributed by atoms with van der Waals surface area (Å²) in [5, 5.41) is 3.63. The first-order valence-electron chi connectivity index (χ1n) is 8.43. The van der Waals surface area contributed by atoms with E-state index in [1.807, 2.05) is 45.0 Å². The molecule has 0 saturated carbocycles. The van der Waals surface area contributed by atoms with Gasteiger partial charge in [-0.05, 0) is 63.1 Å². The Hall–Kier alpha value is -3.08. The third-order valence-corrected chi connectivity index (χ3v) is 4.24. The number of anilines is 1. The van der Waals surface area contributed by atoms with Gasteiger partial charge in [-0.3, -0.25) is 4.79 Å². The molecule has 1 amide bonds. The molecule has 5 heteroatoms. The molecule has 3 aromatic rings. The summed E-state index contributed by atoms with van der Waals surface area (Å²) in [4.78, 5) is 23.9. The molecular formula is C21H21NO4. The van der Waals surface area contributed by atoms with Gasteiger partial charge in [-0.1, -0.05) is 17.7 Å². The number of ether oxygens (including phenoxy) is 1. The molecule has 1 aromatic heterocycles. The highest BCUT2D eigenvalue weighted by Crippen LogP contribution is 2.27. The number of carbonyl (C=O) groups is 1. The zero-order chi connectivity index (χ0) is 18.8. The largest absolute Gasteiger partial charge is 0.481 e. The van der Waals surface area contributed by atoms with Crippen LogP contribution < -0.4 is 15.7 Å². The summed E-state index contributed by atoms with van der Waals surface area (Å²) < 4.78 is 11.1. The van der Waals surface area contributed by atoms with Crippen molar-refractivity contribution < 1.29 is 13.9 Å². The summed E-state index contributed by atoms with van der Waals surface area (Å²) in [5.41, 5.74) is 3.58. The molecule has 0 aliphatic heterocycles. The Balaban J connectivity index is 1.81. The quantitative estimate of drug-likeness (QED) is 0.718. The van der Waals surface area contributed by atoms with Crippen LogP contribution in [0.15, 0.2) is 51.7 Å². The van der Waals surface area contributed by atoms with E-state index in [4.69, 9.17) is 9.15 Å². The van der Waals surface area contributed by atoms with Gasteiger partial charge in [0.25, 0.3) is 5.91 Å². The predicted octanol–water partition coefficient (Wildman–Crippen LogP) is 4.12. The molecule has 1 atom stereocenters. The van der Waals surface area contributed by atoms with Gasteiger partial charge in [-0.2, -0.15) is 0 Å². The number of aryl methyl sites for hydroxylation is 3. The predicted molar refractivity (Wildman–Crippen MR) is 102 cm³/mol. The van der Waals surface area contributed by atoms with Gasteiger partial charge in [0.2, 0.25) is 0 Å². The monoisotopic (exact) mass is 351 g/mol. The molecule has 0 bridgehead atoms. The van der Waals surface area contributed by atoms with Crippen LogP contribution in [0.25, 0.3) is 11.0 Å². The van der Waals surface area contributed by atoms with E-state index in [1.54, 1.807) is 19.1 Å². The normalized spacial score (nSPS) is 12.0. The average Bonchev–Trinajstić information content (AvgIpc) is 2.58. The van der Waals surface area contributed by atoms with Crippen LogP contribution in [-0.2, 0) is 4.79 Å². The first-order valence-corrected chi connectivity index (χ1v) is 8.43. The second-order valence-electron chi connectivity index (χ2n) is 6.48. The number of hydrogen-bond donors (Lipinski definition) is 1. The van der Waals surface area contributed by atoms with Gasteiger partial charge in [0.15, 0.2) is 6.10 Å². The maximum Gasteiger partial charge on any atom is 0.336 e. The summed E-state index contributed by atoms with van der Waals surface area (Å²) in [5.74, 6) is 0.352. The lowest BCUT2D eigenvalue weighted by Gasteiger charge is -2.17. The number of rotatable bonds is 4. The van der Waals surface area contributed by atoms with Gasteiger partial charge in [0.05, 0.1) is 0 Å². The molecule has 1 N–H and O–H groups in total. The van der Waals surface area contributed by atoms with E-state index in [0.717, 1.165) is 27.8 Å². The van der Waals surface area contributed by atoms with Crippen molar-refractivity contribution in [3.05, 3.63) is 69.6 Å². The van der Waals surface area contributed by atoms with Crippen LogP contribution in [-0.4, -0.2) is 12.0 Å². The lowest BCUT2D eigenvalue weighted by Crippen LogP contribution is -2.30. The first kappa shape index (κ1) is 17.7. The minimum atomic E-state index is -0.677. The second-order valence-corrected chi connectivity index (χ2v) is 6.48. The van der Waals surface area contributed by atoms with E-state index in [-0.39, 0.29) is 11.5 Å². The molecule has 2 aromatic carbocycles. The number of hydrogen-bond acceptors (Lipinski definition) is 4. The maximum atomic E-state index is 12.4. The SMILES string of the molecule is Cc1ccc(NC(=O)C(C)Oc2cc3c(C)cc(=O)oc3cc2C)cc1. The summed E-state index contributed by atoms with van der Waals surface area (Å²) in [6, 6.07) is 12.6.